The highest BCUT2D eigenvalue weighted by molar-refractivity contribution is 6.04. The summed E-state index contributed by atoms with van der Waals surface area (Å²) in [6.07, 6.45) is -2.96. The van der Waals surface area contributed by atoms with Gasteiger partial charge < -0.3 is 15.0 Å². The number of alkyl halides is 3. The van der Waals surface area contributed by atoms with E-state index in [9.17, 15) is 22.4 Å². The van der Waals surface area contributed by atoms with Gasteiger partial charge in [0.05, 0.1) is 11.1 Å². The number of carbonyl (C=O) groups excluding carboxylic acids is 1. The lowest BCUT2D eigenvalue weighted by atomic mass is 10.1. The van der Waals surface area contributed by atoms with Crippen molar-refractivity contribution in [2.24, 2.45) is 0 Å². The summed E-state index contributed by atoms with van der Waals surface area (Å²) in [5.41, 5.74) is -1.66. The van der Waals surface area contributed by atoms with E-state index in [-0.39, 0.29) is 11.9 Å². The van der Waals surface area contributed by atoms with Gasteiger partial charge in [-0.25, -0.2) is 4.39 Å². The highest BCUT2D eigenvalue weighted by Crippen LogP contribution is 2.30. The SMILES string of the molecule is CN1CCC(Oc2cccc(NC(=O)c3ccc(C(F)(F)F)cc3F)n2)CC1. The predicted molar refractivity (Wildman–Crippen MR) is 94.7 cm³/mol. The van der Waals surface area contributed by atoms with Crippen LogP contribution in [0.5, 0.6) is 5.88 Å². The molecule has 150 valence electrons. The summed E-state index contributed by atoms with van der Waals surface area (Å²) in [5.74, 6) is -1.71. The molecular formula is C19H19F4N3O2. The number of carbonyl (C=O) groups is 1. The maximum Gasteiger partial charge on any atom is 0.416 e. The van der Waals surface area contributed by atoms with Gasteiger partial charge in [-0.05, 0) is 44.2 Å². The first kappa shape index (κ1) is 20.1. The van der Waals surface area contributed by atoms with Crippen LogP contribution in [0.1, 0.15) is 28.8 Å². The molecule has 28 heavy (non-hydrogen) atoms. The summed E-state index contributed by atoms with van der Waals surface area (Å²) in [4.78, 5) is 18.6. The first-order valence-corrected chi connectivity index (χ1v) is 8.73. The molecule has 0 radical (unpaired) electrons. The minimum atomic E-state index is -4.68. The van der Waals surface area contributed by atoms with E-state index in [1.165, 1.54) is 6.07 Å². The number of likely N-dealkylation sites (tertiary alicyclic amines) is 1. The molecule has 5 nitrogen and oxygen atoms in total. The molecule has 0 aliphatic carbocycles. The van der Waals surface area contributed by atoms with Crippen molar-refractivity contribution in [2.45, 2.75) is 25.1 Å². The number of pyridine rings is 1. The third-order valence-corrected chi connectivity index (χ3v) is 4.46. The number of ether oxygens (including phenoxy) is 1. The van der Waals surface area contributed by atoms with Gasteiger partial charge in [0.15, 0.2) is 0 Å². The zero-order valence-corrected chi connectivity index (χ0v) is 15.1. The Kier molecular flexibility index (Phi) is 5.83. The Morgan fingerprint density at radius 1 is 1.21 bits per heavy atom. The number of amides is 1. The molecule has 0 saturated carbocycles. The van der Waals surface area contributed by atoms with Gasteiger partial charge in [-0.1, -0.05) is 6.07 Å². The summed E-state index contributed by atoms with van der Waals surface area (Å²) < 4.78 is 57.6. The Balaban J connectivity index is 1.67. The minimum absolute atomic E-state index is 0.0157. The second-order valence-electron chi connectivity index (χ2n) is 6.63. The first-order valence-electron chi connectivity index (χ1n) is 8.73. The summed E-state index contributed by atoms with van der Waals surface area (Å²) in [6.45, 7) is 1.82. The number of hydrogen-bond donors (Lipinski definition) is 1. The largest absolute Gasteiger partial charge is 0.474 e. The Bertz CT molecular complexity index is 849. The second-order valence-corrected chi connectivity index (χ2v) is 6.63. The van der Waals surface area contributed by atoms with E-state index in [1.807, 2.05) is 7.05 Å². The monoisotopic (exact) mass is 397 g/mol. The summed E-state index contributed by atoms with van der Waals surface area (Å²) in [6, 6.07) is 6.50. The number of halogens is 4. The molecule has 0 atom stereocenters. The van der Waals surface area contributed by atoms with Crippen LogP contribution in [-0.4, -0.2) is 42.0 Å². The number of aromatic nitrogens is 1. The molecule has 1 saturated heterocycles. The molecule has 2 heterocycles. The summed E-state index contributed by atoms with van der Waals surface area (Å²) in [7, 11) is 2.03. The molecule has 1 aromatic heterocycles. The van der Waals surface area contributed by atoms with E-state index in [0.29, 0.717) is 18.0 Å². The molecule has 1 aliphatic heterocycles. The Labute approximate surface area is 159 Å². The number of nitrogens with zero attached hydrogens (tertiary/aromatic N) is 2. The molecule has 1 fully saturated rings. The molecule has 2 aromatic rings. The zero-order chi connectivity index (χ0) is 20.3. The number of rotatable bonds is 4. The maximum atomic E-state index is 13.9. The van der Waals surface area contributed by atoms with Gasteiger partial charge in [0.2, 0.25) is 5.88 Å². The first-order chi connectivity index (χ1) is 13.2. The quantitative estimate of drug-likeness (QED) is 0.794. The highest BCUT2D eigenvalue weighted by atomic mass is 19.4. The van der Waals surface area contributed by atoms with Gasteiger partial charge in [-0.15, -0.1) is 0 Å². The molecule has 1 amide bonds. The van der Waals surface area contributed by atoms with Gasteiger partial charge in [-0.2, -0.15) is 18.2 Å². The van der Waals surface area contributed by atoms with E-state index in [4.69, 9.17) is 4.74 Å². The average Bonchev–Trinajstić information content (AvgIpc) is 2.63. The number of piperidine rings is 1. The van der Waals surface area contributed by atoms with E-state index in [2.05, 4.69) is 15.2 Å². The average molecular weight is 397 g/mol. The van der Waals surface area contributed by atoms with Crippen molar-refractivity contribution in [1.29, 1.82) is 0 Å². The van der Waals surface area contributed by atoms with Gasteiger partial charge in [0.25, 0.3) is 5.91 Å². The highest BCUT2D eigenvalue weighted by Gasteiger charge is 2.31. The maximum absolute atomic E-state index is 13.9. The Hall–Kier alpha value is -2.68. The minimum Gasteiger partial charge on any atom is -0.474 e. The standard InChI is InChI=1S/C19H19F4N3O2/c1-26-9-7-13(8-10-26)28-17-4-2-3-16(24-17)25-18(27)14-6-5-12(11-15(14)20)19(21,22)23/h2-6,11,13H,7-10H2,1H3,(H,24,25,27). The fourth-order valence-electron chi connectivity index (χ4n) is 2.88. The van der Waals surface area contributed by atoms with Crippen LogP contribution in [-0.2, 0) is 6.18 Å². The van der Waals surface area contributed by atoms with Crippen LogP contribution < -0.4 is 10.1 Å². The lowest BCUT2D eigenvalue weighted by molar-refractivity contribution is -0.137. The van der Waals surface area contributed by atoms with Crippen molar-refractivity contribution in [3.63, 3.8) is 0 Å². The van der Waals surface area contributed by atoms with Crippen molar-refractivity contribution in [3.05, 3.63) is 53.3 Å². The van der Waals surface area contributed by atoms with Gasteiger partial charge in [0, 0.05) is 19.2 Å². The fraction of sp³-hybridized carbons (Fsp3) is 0.368. The zero-order valence-electron chi connectivity index (χ0n) is 15.1. The summed E-state index contributed by atoms with van der Waals surface area (Å²) in [5, 5.41) is 2.38. The van der Waals surface area contributed by atoms with Crippen LogP contribution in [0, 0.1) is 5.82 Å². The molecule has 0 unspecified atom stereocenters. The van der Waals surface area contributed by atoms with Crippen LogP contribution in [0.2, 0.25) is 0 Å². The van der Waals surface area contributed by atoms with Crippen molar-refractivity contribution in [2.75, 3.05) is 25.5 Å². The topological polar surface area (TPSA) is 54.5 Å². The predicted octanol–water partition coefficient (Wildman–Crippen LogP) is 3.96. The van der Waals surface area contributed by atoms with Crippen LogP contribution in [0.3, 0.4) is 0 Å². The lowest BCUT2D eigenvalue weighted by Gasteiger charge is -2.28. The van der Waals surface area contributed by atoms with Crippen molar-refractivity contribution >= 4 is 11.7 Å². The third-order valence-electron chi connectivity index (χ3n) is 4.46. The van der Waals surface area contributed by atoms with Gasteiger partial charge >= 0.3 is 6.18 Å². The van der Waals surface area contributed by atoms with Crippen LogP contribution in [0.15, 0.2) is 36.4 Å². The number of hydrogen-bond acceptors (Lipinski definition) is 4. The molecule has 1 aliphatic rings. The number of nitrogens with one attached hydrogen (secondary N) is 1. The smallest absolute Gasteiger partial charge is 0.416 e. The van der Waals surface area contributed by atoms with Gasteiger partial charge in [0.1, 0.15) is 17.7 Å². The molecule has 0 spiro atoms. The Morgan fingerprint density at radius 2 is 1.93 bits per heavy atom. The molecule has 1 aromatic carbocycles. The molecular weight excluding hydrogens is 378 g/mol. The molecule has 0 bridgehead atoms. The lowest BCUT2D eigenvalue weighted by Crippen LogP contribution is -2.35. The normalized spacial score (nSPS) is 16.0. The van der Waals surface area contributed by atoms with Gasteiger partial charge in [-0.3, -0.25) is 4.79 Å². The number of anilines is 1. The third kappa shape index (κ3) is 4.98. The van der Waals surface area contributed by atoms with E-state index in [0.717, 1.165) is 32.0 Å². The Morgan fingerprint density at radius 3 is 2.57 bits per heavy atom. The number of benzene rings is 1. The van der Waals surface area contributed by atoms with Crippen LogP contribution in [0.25, 0.3) is 0 Å². The van der Waals surface area contributed by atoms with Crippen molar-refractivity contribution in [1.82, 2.24) is 9.88 Å². The van der Waals surface area contributed by atoms with E-state index >= 15 is 0 Å². The second kappa shape index (κ2) is 8.14. The van der Waals surface area contributed by atoms with Crippen LogP contribution in [0.4, 0.5) is 23.4 Å². The fourth-order valence-corrected chi connectivity index (χ4v) is 2.88. The van der Waals surface area contributed by atoms with Crippen molar-refractivity contribution < 1.29 is 27.1 Å². The van der Waals surface area contributed by atoms with Crippen LogP contribution >= 0.6 is 0 Å². The molecule has 9 heteroatoms. The molecule has 3 rings (SSSR count). The molecule has 1 N–H and O–H groups in total. The van der Waals surface area contributed by atoms with E-state index in [1.54, 1.807) is 12.1 Å². The van der Waals surface area contributed by atoms with E-state index < -0.39 is 29.0 Å². The van der Waals surface area contributed by atoms with Crippen molar-refractivity contribution in [3.8, 4) is 5.88 Å². The summed E-state index contributed by atoms with van der Waals surface area (Å²) >= 11 is 0.